The summed E-state index contributed by atoms with van der Waals surface area (Å²) in [6, 6.07) is 5.00. The summed E-state index contributed by atoms with van der Waals surface area (Å²) in [6.07, 6.45) is 0. The van der Waals surface area contributed by atoms with Crippen LogP contribution in [0.4, 0.5) is 10.1 Å². The zero-order valence-corrected chi connectivity index (χ0v) is 13.4. The van der Waals surface area contributed by atoms with Crippen molar-refractivity contribution >= 4 is 15.5 Å². The van der Waals surface area contributed by atoms with Crippen LogP contribution in [0.2, 0.25) is 0 Å². The Morgan fingerprint density at radius 1 is 1.29 bits per heavy atom. The molecule has 1 N–H and O–H groups in total. The number of halogens is 1. The normalized spacial score (nSPS) is 18.2. The summed E-state index contributed by atoms with van der Waals surface area (Å²) < 4.78 is 37.1. The molecule has 1 fully saturated rings. The Kier molecular flexibility index (Phi) is 5.22. The zero-order valence-electron chi connectivity index (χ0n) is 12.6. The summed E-state index contributed by atoms with van der Waals surface area (Å²) >= 11 is 0. The minimum atomic E-state index is -2.93. The quantitative estimate of drug-likeness (QED) is 0.900. The predicted octanol–water partition coefficient (Wildman–Crippen LogP) is 1.81. The monoisotopic (exact) mass is 314 g/mol. The highest BCUT2D eigenvalue weighted by atomic mass is 32.2. The van der Waals surface area contributed by atoms with E-state index in [2.05, 4.69) is 19.2 Å². The van der Waals surface area contributed by atoms with E-state index in [-0.39, 0.29) is 17.3 Å². The standard InChI is InChI=1S/C15H23FN2O2S/c1-12(2)10-17-11-13-14(16)4-3-5-15(13)18-6-8-21(19,20)9-7-18/h3-5,12,17H,6-11H2,1-2H3. The van der Waals surface area contributed by atoms with Crippen LogP contribution < -0.4 is 10.2 Å². The summed E-state index contributed by atoms with van der Waals surface area (Å²) in [5.74, 6) is 0.544. The molecule has 21 heavy (non-hydrogen) atoms. The highest BCUT2D eigenvalue weighted by molar-refractivity contribution is 7.91. The Labute approximate surface area is 126 Å². The molecule has 0 amide bonds. The van der Waals surface area contributed by atoms with Gasteiger partial charge in [0, 0.05) is 30.9 Å². The van der Waals surface area contributed by atoms with Crippen LogP contribution in [0.15, 0.2) is 18.2 Å². The second kappa shape index (κ2) is 6.75. The second-order valence-corrected chi connectivity index (χ2v) is 8.20. The molecular weight excluding hydrogens is 291 g/mol. The number of nitrogens with one attached hydrogen (secondary N) is 1. The van der Waals surface area contributed by atoms with Gasteiger partial charge < -0.3 is 10.2 Å². The van der Waals surface area contributed by atoms with Crippen LogP contribution in [-0.4, -0.2) is 39.6 Å². The van der Waals surface area contributed by atoms with Gasteiger partial charge in [-0.1, -0.05) is 19.9 Å². The molecule has 0 unspecified atom stereocenters. The molecule has 0 aromatic heterocycles. The van der Waals surface area contributed by atoms with Gasteiger partial charge in [-0.15, -0.1) is 0 Å². The van der Waals surface area contributed by atoms with Gasteiger partial charge in [-0.2, -0.15) is 0 Å². The van der Waals surface area contributed by atoms with Crippen LogP contribution in [0.3, 0.4) is 0 Å². The van der Waals surface area contributed by atoms with Gasteiger partial charge in [0.25, 0.3) is 0 Å². The third-order valence-electron chi connectivity index (χ3n) is 3.63. The van der Waals surface area contributed by atoms with Gasteiger partial charge in [0.1, 0.15) is 5.82 Å². The Balaban J connectivity index is 2.13. The van der Waals surface area contributed by atoms with Crippen LogP contribution >= 0.6 is 0 Å². The van der Waals surface area contributed by atoms with Gasteiger partial charge in [-0.05, 0) is 24.6 Å². The first-order valence-electron chi connectivity index (χ1n) is 7.32. The highest BCUT2D eigenvalue weighted by Crippen LogP contribution is 2.25. The van der Waals surface area contributed by atoms with Gasteiger partial charge in [0.15, 0.2) is 9.84 Å². The summed E-state index contributed by atoms with van der Waals surface area (Å²) in [6.45, 7) is 6.35. The van der Waals surface area contributed by atoms with Crippen LogP contribution in [0.5, 0.6) is 0 Å². The van der Waals surface area contributed by atoms with E-state index in [1.165, 1.54) is 6.07 Å². The van der Waals surface area contributed by atoms with Crippen LogP contribution in [0.25, 0.3) is 0 Å². The maximum atomic E-state index is 14.1. The summed E-state index contributed by atoms with van der Waals surface area (Å²) in [7, 11) is -2.93. The average molecular weight is 314 g/mol. The molecular formula is C15H23FN2O2S. The fraction of sp³-hybridized carbons (Fsp3) is 0.600. The molecule has 0 aliphatic carbocycles. The fourth-order valence-electron chi connectivity index (χ4n) is 2.46. The van der Waals surface area contributed by atoms with Crippen molar-refractivity contribution in [2.24, 2.45) is 5.92 Å². The number of anilines is 1. The van der Waals surface area contributed by atoms with E-state index in [0.29, 0.717) is 31.1 Å². The largest absolute Gasteiger partial charge is 0.369 e. The lowest BCUT2D eigenvalue weighted by Gasteiger charge is -2.30. The van der Waals surface area contributed by atoms with Gasteiger partial charge in [-0.25, -0.2) is 12.8 Å². The van der Waals surface area contributed by atoms with E-state index in [9.17, 15) is 12.8 Å². The molecule has 2 rings (SSSR count). The maximum absolute atomic E-state index is 14.1. The first-order chi connectivity index (χ1) is 9.89. The number of nitrogens with zero attached hydrogens (tertiary/aromatic N) is 1. The molecule has 0 radical (unpaired) electrons. The van der Waals surface area contributed by atoms with E-state index in [4.69, 9.17) is 0 Å². The third kappa shape index (κ3) is 4.41. The summed E-state index contributed by atoms with van der Waals surface area (Å²) in [5, 5.41) is 3.25. The van der Waals surface area contributed by atoms with Crippen LogP contribution in [-0.2, 0) is 16.4 Å². The van der Waals surface area contributed by atoms with Gasteiger partial charge in [0.2, 0.25) is 0 Å². The number of hydrogen-bond acceptors (Lipinski definition) is 4. The van der Waals surface area contributed by atoms with E-state index in [1.54, 1.807) is 6.07 Å². The number of benzene rings is 1. The minimum Gasteiger partial charge on any atom is -0.369 e. The Hall–Kier alpha value is -1.14. The van der Waals surface area contributed by atoms with Crippen molar-refractivity contribution in [3.63, 3.8) is 0 Å². The highest BCUT2D eigenvalue weighted by Gasteiger charge is 2.24. The predicted molar refractivity (Wildman–Crippen MR) is 83.8 cm³/mol. The van der Waals surface area contributed by atoms with Crippen LogP contribution in [0.1, 0.15) is 19.4 Å². The van der Waals surface area contributed by atoms with Crippen molar-refractivity contribution in [3.8, 4) is 0 Å². The smallest absolute Gasteiger partial charge is 0.153 e. The lowest BCUT2D eigenvalue weighted by atomic mass is 10.1. The first kappa shape index (κ1) is 16.2. The minimum absolute atomic E-state index is 0.141. The van der Waals surface area contributed by atoms with E-state index >= 15 is 0 Å². The summed E-state index contributed by atoms with van der Waals surface area (Å²) in [4.78, 5) is 1.97. The molecule has 1 saturated heterocycles. The van der Waals surface area contributed by atoms with Crippen molar-refractivity contribution in [1.82, 2.24) is 5.32 Å². The van der Waals surface area contributed by atoms with Crippen molar-refractivity contribution in [2.45, 2.75) is 20.4 Å². The van der Waals surface area contributed by atoms with Crippen LogP contribution in [0, 0.1) is 11.7 Å². The lowest BCUT2D eigenvalue weighted by Crippen LogP contribution is -2.41. The second-order valence-electron chi connectivity index (χ2n) is 5.90. The third-order valence-corrected chi connectivity index (χ3v) is 5.24. The molecule has 0 bridgehead atoms. The molecule has 1 heterocycles. The van der Waals surface area contributed by atoms with Crippen molar-refractivity contribution in [1.29, 1.82) is 0 Å². The molecule has 1 aromatic rings. The van der Waals surface area contributed by atoms with E-state index < -0.39 is 9.84 Å². The van der Waals surface area contributed by atoms with Gasteiger partial charge in [-0.3, -0.25) is 0 Å². The molecule has 1 aliphatic heterocycles. The molecule has 0 atom stereocenters. The van der Waals surface area contributed by atoms with E-state index in [0.717, 1.165) is 12.2 Å². The molecule has 4 nitrogen and oxygen atoms in total. The molecule has 1 aromatic carbocycles. The SMILES string of the molecule is CC(C)CNCc1c(F)cccc1N1CCS(=O)(=O)CC1. The Morgan fingerprint density at radius 2 is 1.95 bits per heavy atom. The maximum Gasteiger partial charge on any atom is 0.153 e. The molecule has 6 heteroatoms. The number of rotatable bonds is 5. The Bertz CT molecular complexity index is 573. The average Bonchev–Trinajstić information content (AvgIpc) is 2.40. The molecule has 118 valence electrons. The van der Waals surface area contributed by atoms with Gasteiger partial charge >= 0.3 is 0 Å². The van der Waals surface area contributed by atoms with Crippen molar-refractivity contribution in [3.05, 3.63) is 29.6 Å². The molecule has 1 aliphatic rings. The fourth-order valence-corrected chi connectivity index (χ4v) is 3.66. The van der Waals surface area contributed by atoms with Crippen molar-refractivity contribution < 1.29 is 12.8 Å². The molecule has 0 saturated carbocycles. The van der Waals surface area contributed by atoms with Gasteiger partial charge in [0.05, 0.1) is 11.5 Å². The first-order valence-corrected chi connectivity index (χ1v) is 9.14. The van der Waals surface area contributed by atoms with E-state index in [1.807, 2.05) is 11.0 Å². The number of sulfone groups is 1. The zero-order chi connectivity index (χ0) is 15.5. The summed E-state index contributed by atoms with van der Waals surface area (Å²) in [5.41, 5.74) is 1.43. The number of hydrogen-bond donors (Lipinski definition) is 1. The topological polar surface area (TPSA) is 49.4 Å². The lowest BCUT2D eigenvalue weighted by molar-refractivity contribution is 0.534. The molecule has 0 spiro atoms. The van der Waals surface area contributed by atoms with Crippen molar-refractivity contribution in [2.75, 3.05) is 36.0 Å². The Morgan fingerprint density at radius 3 is 2.57 bits per heavy atom.